The molecule has 5 nitrogen and oxygen atoms in total. The van der Waals surface area contributed by atoms with Crippen molar-refractivity contribution in [3.05, 3.63) is 77.4 Å². The van der Waals surface area contributed by atoms with Crippen LogP contribution in [0.5, 0.6) is 0 Å². The number of halogens is 1. The van der Waals surface area contributed by atoms with Crippen molar-refractivity contribution in [2.24, 2.45) is 0 Å². The molecule has 3 aromatic carbocycles. The lowest BCUT2D eigenvalue weighted by atomic mass is 10.0. The Morgan fingerprint density at radius 1 is 1.03 bits per heavy atom. The number of thiocarbonyl (C=S) groups is 1. The molecule has 0 atom stereocenters. The van der Waals surface area contributed by atoms with E-state index in [2.05, 4.69) is 22.3 Å². The number of amides is 2. The number of nitrogens with zero attached hydrogens (tertiary/aromatic N) is 2. The highest BCUT2D eigenvalue weighted by molar-refractivity contribution is 7.80. The lowest BCUT2D eigenvalue weighted by molar-refractivity contribution is -0.122. The quantitative estimate of drug-likeness (QED) is 0.252. The van der Waals surface area contributed by atoms with Crippen molar-refractivity contribution >= 4 is 69.0 Å². The molecule has 0 unspecified atom stereocenters. The first-order valence-corrected chi connectivity index (χ1v) is 11.8. The zero-order valence-corrected chi connectivity index (χ0v) is 19.5. The van der Waals surface area contributed by atoms with Crippen LogP contribution in [0.2, 0.25) is 0 Å². The van der Waals surface area contributed by atoms with Gasteiger partial charge in [-0.3, -0.25) is 19.8 Å². The molecular formula is C26H22ClN3O2S. The number of rotatable bonds is 5. The summed E-state index contributed by atoms with van der Waals surface area (Å²) in [6.07, 6.45) is 3.52. The van der Waals surface area contributed by atoms with Crippen molar-refractivity contribution in [2.45, 2.75) is 12.8 Å². The van der Waals surface area contributed by atoms with Gasteiger partial charge in [0, 0.05) is 30.0 Å². The van der Waals surface area contributed by atoms with Crippen LogP contribution in [-0.2, 0) is 16.0 Å². The van der Waals surface area contributed by atoms with Crippen LogP contribution in [0.15, 0.2) is 66.2 Å². The fourth-order valence-electron chi connectivity index (χ4n) is 4.51. The minimum atomic E-state index is -0.481. The Morgan fingerprint density at radius 2 is 1.85 bits per heavy atom. The molecule has 1 saturated heterocycles. The fraction of sp³-hybridized carbons (Fsp3) is 0.192. The van der Waals surface area contributed by atoms with Gasteiger partial charge >= 0.3 is 0 Å². The topological polar surface area (TPSA) is 52.7 Å². The lowest BCUT2D eigenvalue weighted by Gasteiger charge is -2.29. The second-order valence-corrected chi connectivity index (χ2v) is 8.89. The Balaban J connectivity index is 1.49. The van der Waals surface area contributed by atoms with Crippen LogP contribution in [0, 0.1) is 0 Å². The molecule has 166 valence electrons. The van der Waals surface area contributed by atoms with Crippen molar-refractivity contribution < 1.29 is 9.59 Å². The van der Waals surface area contributed by atoms with E-state index in [1.54, 1.807) is 6.08 Å². The summed E-state index contributed by atoms with van der Waals surface area (Å²) in [6, 6.07) is 19.5. The van der Waals surface area contributed by atoms with Gasteiger partial charge in [-0.05, 0) is 65.8 Å². The Kier molecular flexibility index (Phi) is 5.87. The van der Waals surface area contributed by atoms with Crippen LogP contribution >= 0.6 is 23.8 Å². The fourth-order valence-corrected chi connectivity index (χ4v) is 4.90. The van der Waals surface area contributed by atoms with E-state index in [0.29, 0.717) is 11.6 Å². The molecule has 0 aromatic heterocycles. The Hall–Kier alpha value is -3.22. The van der Waals surface area contributed by atoms with Crippen LogP contribution < -0.4 is 15.1 Å². The number of benzene rings is 3. The van der Waals surface area contributed by atoms with Gasteiger partial charge in [0.15, 0.2) is 5.11 Å². The summed E-state index contributed by atoms with van der Waals surface area (Å²) in [5.74, 6) is -0.266. The predicted octanol–water partition coefficient (Wildman–Crippen LogP) is 4.66. The van der Waals surface area contributed by atoms with Gasteiger partial charge in [0.25, 0.3) is 11.8 Å². The van der Waals surface area contributed by atoms with Gasteiger partial charge in [0.1, 0.15) is 5.57 Å². The van der Waals surface area contributed by atoms with Crippen LogP contribution in [0.3, 0.4) is 0 Å². The van der Waals surface area contributed by atoms with Gasteiger partial charge in [-0.25, -0.2) is 0 Å². The van der Waals surface area contributed by atoms with Crippen molar-refractivity contribution in [3.8, 4) is 0 Å². The number of fused-ring (bicyclic) bond motifs is 2. The molecule has 0 bridgehead atoms. The second kappa shape index (κ2) is 8.96. The third kappa shape index (κ3) is 4.01. The zero-order chi connectivity index (χ0) is 22.9. The lowest BCUT2D eigenvalue weighted by Crippen LogP contribution is -2.54. The number of alkyl halides is 1. The first-order chi connectivity index (χ1) is 16.1. The summed E-state index contributed by atoms with van der Waals surface area (Å²) >= 11 is 11.2. The molecule has 0 aliphatic carbocycles. The van der Waals surface area contributed by atoms with E-state index in [-0.39, 0.29) is 10.7 Å². The summed E-state index contributed by atoms with van der Waals surface area (Å²) < 4.78 is 0. The Labute approximate surface area is 202 Å². The average molecular weight is 476 g/mol. The molecule has 33 heavy (non-hydrogen) atoms. The number of nitrogens with one attached hydrogen (secondary N) is 1. The van der Waals surface area contributed by atoms with E-state index in [4.69, 9.17) is 23.8 Å². The number of hydrogen-bond donors (Lipinski definition) is 1. The number of carbonyl (C=O) groups is 2. The van der Waals surface area contributed by atoms with Crippen molar-refractivity contribution in [1.29, 1.82) is 0 Å². The molecule has 7 heteroatoms. The predicted molar refractivity (Wildman–Crippen MR) is 138 cm³/mol. The highest BCUT2D eigenvalue weighted by atomic mass is 35.5. The van der Waals surface area contributed by atoms with E-state index < -0.39 is 11.8 Å². The molecule has 0 saturated carbocycles. The maximum absolute atomic E-state index is 13.5. The molecule has 2 aliphatic rings. The molecule has 2 heterocycles. The minimum absolute atomic E-state index is 0.0634. The summed E-state index contributed by atoms with van der Waals surface area (Å²) in [7, 11) is 0. The van der Waals surface area contributed by atoms with Crippen molar-refractivity contribution in [3.63, 3.8) is 0 Å². The maximum Gasteiger partial charge on any atom is 0.270 e. The number of hydrogen-bond acceptors (Lipinski definition) is 4. The second-order valence-electron chi connectivity index (χ2n) is 8.12. The van der Waals surface area contributed by atoms with Crippen molar-refractivity contribution in [1.82, 2.24) is 5.32 Å². The average Bonchev–Trinajstić information content (AvgIpc) is 3.22. The molecular weight excluding hydrogens is 454 g/mol. The molecule has 2 amide bonds. The van der Waals surface area contributed by atoms with Crippen LogP contribution in [0.4, 0.5) is 11.4 Å². The number of anilines is 2. The van der Waals surface area contributed by atoms with Gasteiger partial charge in [0.2, 0.25) is 0 Å². The molecule has 3 aromatic rings. The molecule has 2 aliphatic heterocycles. The van der Waals surface area contributed by atoms with Crippen LogP contribution in [0.25, 0.3) is 16.8 Å². The van der Waals surface area contributed by atoms with Gasteiger partial charge in [-0.15, -0.1) is 11.6 Å². The van der Waals surface area contributed by atoms with Crippen LogP contribution in [-0.4, -0.2) is 35.9 Å². The van der Waals surface area contributed by atoms with E-state index in [1.807, 2.05) is 48.5 Å². The minimum Gasteiger partial charge on any atom is -0.371 e. The summed E-state index contributed by atoms with van der Waals surface area (Å²) in [5.41, 5.74) is 3.94. The third-order valence-corrected chi connectivity index (χ3v) is 6.63. The summed E-state index contributed by atoms with van der Waals surface area (Å²) in [6.45, 7) is 1.88. The van der Waals surface area contributed by atoms with Crippen LogP contribution in [0.1, 0.15) is 17.5 Å². The highest BCUT2D eigenvalue weighted by Gasteiger charge is 2.35. The summed E-state index contributed by atoms with van der Waals surface area (Å²) in [5, 5.41) is 4.65. The first-order valence-electron chi connectivity index (χ1n) is 10.9. The largest absolute Gasteiger partial charge is 0.371 e. The Bertz CT molecular complexity index is 1310. The SMILES string of the molecule is O=C1NC(=S)N(c2cccc3ccccc23)C(=O)/C1=C\c1ccc2c(c1)CCN2CCCCl. The molecule has 5 rings (SSSR count). The maximum atomic E-state index is 13.5. The zero-order valence-electron chi connectivity index (χ0n) is 17.9. The first kappa shape index (κ1) is 21.6. The van der Waals surface area contributed by atoms with E-state index in [0.717, 1.165) is 42.3 Å². The molecule has 1 N–H and O–H groups in total. The van der Waals surface area contributed by atoms with Gasteiger partial charge in [-0.2, -0.15) is 0 Å². The van der Waals surface area contributed by atoms with Gasteiger partial charge in [-0.1, -0.05) is 42.5 Å². The molecule has 1 fully saturated rings. The standard InChI is InChI=1S/C26H22ClN3O2S/c27-12-4-13-29-14-11-19-15-17(9-10-22(19)29)16-21-24(31)28-26(33)30(25(21)32)23-8-3-6-18-5-1-2-7-20(18)23/h1-3,5-10,15-16H,4,11-14H2,(H,28,31,33)/b21-16-. The number of carbonyl (C=O) groups excluding carboxylic acids is 2. The van der Waals surface area contributed by atoms with Gasteiger partial charge < -0.3 is 4.90 Å². The van der Waals surface area contributed by atoms with E-state index in [1.165, 1.54) is 16.2 Å². The van der Waals surface area contributed by atoms with Gasteiger partial charge in [0.05, 0.1) is 5.69 Å². The monoisotopic (exact) mass is 475 g/mol. The van der Waals surface area contributed by atoms with Crippen molar-refractivity contribution in [2.75, 3.05) is 28.8 Å². The normalized spacial score (nSPS) is 17.1. The highest BCUT2D eigenvalue weighted by Crippen LogP contribution is 2.32. The summed E-state index contributed by atoms with van der Waals surface area (Å²) in [4.78, 5) is 30.0. The molecule has 0 spiro atoms. The molecule has 0 radical (unpaired) electrons. The van der Waals surface area contributed by atoms with E-state index in [9.17, 15) is 9.59 Å². The smallest absolute Gasteiger partial charge is 0.270 e. The van der Waals surface area contributed by atoms with E-state index >= 15 is 0 Å². The Morgan fingerprint density at radius 3 is 2.70 bits per heavy atom. The third-order valence-electron chi connectivity index (χ3n) is 6.08.